The van der Waals surface area contributed by atoms with Gasteiger partial charge in [0.05, 0.1) is 0 Å². The smallest absolute Gasteiger partial charge is 0.230 e. The molecule has 0 bridgehead atoms. The van der Waals surface area contributed by atoms with E-state index in [1.807, 2.05) is 48.5 Å². The molecule has 2 rings (SSSR count). The summed E-state index contributed by atoms with van der Waals surface area (Å²) in [6, 6.07) is 14.7. The van der Waals surface area contributed by atoms with Crippen molar-refractivity contribution in [3.05, 3.63) is 71.8 Å². The number of ether oxygens (including phenoxy) is 2. The van der Waals surface area contributed by atoms with Crippen molar-refractivity contribution in [3.63, 3.8) is 0 Å². The number of hydrogen-bond acceptors (Lipinski definition) is 4. The standard InChI is InChI=1S/C19H20N4O2.2ClH/c20-18(21)11-5-14-1-7-16(8-2-14)24-13-25-17-9-3-15(4-10-17)6-12-19(22)23;;/h1-12H,13H2,(H3,20,21)(H3,22,23);2*1H. The minimum absolute atomic E-state index is 0. The van der Waals surface area contributed by atoms with E-state index in [9.17, 15) is 0 Å². The molecule has 144 valence electrons. The van der Waals surface area contributed by atoms with Crippen LogP contribution >= 0.6 is 24.8 Å². The second kappa shape index (κ2) is 12.4. The van der Waals surface area contributed by atoms with E-state index < -0.39 is 0 Å². The van der Waals surface area contributed by atoms with Gasteiger partial charge in [0.15, 0.2) is 0 Å². The molecule has 0 atom stereocenters. The molecule has 0 amide bonds. The van der Waals surface area contributed by atoms with Crippen LogP contribution < -0.4 is 20.9 Å². The van der Waals surface area contributed by atoms with E-state index in [1.165, 1.54) is 12.2 Å². The number of halogens is 2. The van der Waals surface area contributed by atoms with Crippen molar-refractivity contribution in [1.29, 1.82) is 10.8 Å². The van der Waals surface area contributed by atoms with Gasteiger partial charge in [0.2, 0.25) is 6.79 Å². The minimum Gasteiger partial charge on any atom is -0.458 e. The highest BCUT2D eigenvalue weighted by Gasteiger charge is 1.97. The Morgan fingerprint density at radius 3 is 1.33 bits per heavy atom. The highest BCUT2D eigenvalue weighted by atomic mass is 35.5. The molecule has 0 radical (unpaired) electrons. The van der Waals surface area contributed by atoms with Crippen LogP contribution in [-0.2, 0) is 0 Å². The average molecular weight is 409 g/mol. The average Bonchev–Trinajstić information content (AvgIpc) is 2.60. The second-order valence-electron chi connectivity index (χ2n) is 5.12. The lowest BCUT2D eigenvalue weighted by molar-refractivity contribution is 0.120. The number of nitrogens with one attached hydrogen (secondary N) is 2. The van der Waals surface area contributed by atoms with E-state index in [0.717, 1.165) is 11.1 Å². The van der Waals surface area contributed by atoms with Gasteiger partial charge in [0, 0.05) is 0 Å². The normalized spacial score (nSPS) is 10.1. The highest BCUT2D eigenvalue weighted by molar-refractivity contribution is 5.93. The summed E-state index contributed by atoms with van der Waals surface area (Å²) in [4.78, 5) is 0. The molecule has 2 aromatic carbocycles. The van der Waals surface area contributed by atoms with Crippen LogP contribution in [0.1, 0.15) is 11.1 Å². The molecule has 0 unspecified atom stereocenters. The fourth-order valence-electron chi connectivity index (χ4n) is 1.89. The molecule has 27 heavy (non-hydrogen) atoms. The summed E-state index contributed by atoms with van der Waals surface area (Å²) >= 11 is 0. The first-order chi connectivity index (χ1) is 12.0. The molecule has 0 fully saturated rings. The van der Waals surface area contributed by atoms with Crippen LogP contribution in [0.4, 0.5) is 0 Å². The second-order valence-corrected chi connectivity index (χ2v) is 5.12. The fourth-order valence-corrected chi connectivity index (χ4v) is 1.89. The lowest BCUT2D eigenvalue weighted by atomic mass is 10.2. The Morgan fingerprint density at radius 2 is 1.04 bits per heavy atom. The molecule has 0 saturated heterocycles. The Kier molecular flexibility index (Phi) is 11.0. The van der Waals surface area contributed by atoms with Crippen LogP contribution in [0.3, 0.4) is 0 Å². The third-order valence-electron chi connectivity index (χ3n) is 3.12. The summed E-state index contributed by atoms with van der Waals surface area (Å²) < 4.78 is 11.1. The van der Waals surface area contributed by atoms with Crippen LogP contribution in [0.25, 0.3) is 12.2 Å². The third kappa shape index (κ3) is 9.34. The molecule has 0 aromatic heterocycles. The first-order valence-corrected chi connectivity index (χ1v) is 7.53. The summed E-state index contributed by atoms with van der Waals surface area (Å²) in [7, 11) is 0. The number of benzene rings is 2. The lowest BCUT2D eigenvalue weighted by Crippen LogP contribution is -2.05. The molecule has 0 aliphatic carbocycles. The van der Waals surface area contributed by atoms with Crippen molar-refractivity contribution >= 4 is 48.6 Å². The van der Waals surface area contributed by atoms with E-state index >= 15 is 0 Å². The van der Waals surface area contributed by atoms with Crippen molar-refractivity contribution in [2.75, 3.05) is 6.79 Å². The largest absolute Gasteiger partial charge is 0.458 e. The molecule has 0 heterocycles. The zero-order valence-corrected chi connectivity index (χ0v) is 16.1. The lowest BCUT2D eigenvalue weighted by Gasteiger charge is -2.09. The van der Waals surface area contributed by atoms with Gasteiger partial charge in [-0.1, -0.05) is 36.4 Å². The SMILES string of the molecule is Cl.Cl.N=C(N)C=Cc1ccc(OCOc2ccc(C=CC(=N)N)cc2)cc1. The van der Waals surface area contributed by atoms with Gasteiger partial charge in [-0.3, -0.25) is 10.8 Å². The quantitative estimate of drug-likeness (QED) is 0.301. The van der Waals surface area contributed by atoms with E-state index in [0.29, 0.717) is 11.5 Å². The molecule has 0 aliphatic rings. The molecule has 0 spiro atoms. The predicted molar refractivity (Wildman–Crippen MR) is 115 cm³/mol. The number of rotatable bonds is 8. The van der Waals surface area contributed by atoms with Gasteiger partial charge in [-0.2, -0.15) is 0 Å². The van der Waals surface area contributed by atoms with Crippen LogP contribution in [-0.4, -0.2) is 18.5 Å². The predicted octanol–water partition coefficient (Wildman–Crippen LogP) is 3.84. The van der Waals surface area contributed by atoms with Gasteiger partial charge in [0.25, 0.3) is 0 Å². The van der Waals surface area contributed by atoms with Crippen LogP contribution in [0.15, 0.2) is 60.7 Å². The summed E-state index contributed by atoms with van der Waals surface area (Å²) in [6.45, 7) is 0.0886. The summed E-state index contributed by atoms with van der Waals surface area (Å²) in [5.74, 6) is 1.38. The third-order valence-corrected chi connectivity index (χ3v) is 3.12. The number of hydrogen-bond donors (Lipinski definition) is 4. The van der Waals surface area contributed by atoms with Gasteiger partial charge < -0.3 is 20.9 Å². The Balaban J connectivity index is 0.00000338. The maximum absolute atomic E-state index is 7.14. The molecular weight excluding hydrogens is 387 g/mol. The molecule has 6 N–H and O–H groups in total. The van der Waals surface area contributed by atoms with Gasteiger partial charge in [0.1, 0.15) is 23.2 Å². The Hall–Kier alpha value is -2.96. The first-order valence-electron chi connectivity index (χ1n) is 7.53. The summed E-state index contributed by atoms with van der Waals surface area (Å²) in [6.07, 6.45) is 6.55. The Labute approximate surface area is 170 Å². The van der Waals surface area contributed by atoms with Gasteiger partial charge in [-0.15, -0.1) is 24.8 Å². The van der Waals surface area contributed by atoms with Crippen molar-refractivity contribution in [2.45, 2.75) is 0 Å². The Morgan fingerprint density at radius 1 is 0.704 bits per heavy atom. The van der Waals surface area contributed by atoms with Crippen molar-refractivity contribution < 1.29 is 9.47 Å². The van der Waals surface area contributed by atoms with Gasteiger partial charge in [-0.05, 0) is 47.5 Å². The zero-order chi connectivity index (χ0) is 18.1. The monoisotopic (exact) mass is 408 g/mol. The molecule has 0 saturated carbocycles. The van der Waals surface area contributed by atoms with E-state index in [4.69, 9.17) is 31.8 Å². The summed E-state index contributed by atoms with van der Waals surface area (Å²) in [5, 5.41) is 14.3. The maximum atomic E-state index is 7.14. The highest BCUT2D eigenvalue weighted by Crippen LogP contribution is 2.16. The molecule has 2 aromatic rings. The first kappa shape index (κ1) is 24.0. The van der Waals surface area contributed by atoms with Crippen LogP contribution in [0, 0.1) is 10.8 Å². The number of nitrogens with two attached hydrogens (primary N) is 2. The molecule has 8 heteroatoms. The topological polar surface area (TPSA) is 118 Å². The van der Waals surface area contributed by atoms with E-state index in [-0.39, 0.29) is 43.3 Å². The van der Waals surface area contributed by atoms with E-state index in [2.05, 4.69) is 0 Å². The molecule has 6 nitrogen and oxygen atoms in total. The maximum Gasteiger partial charge on any atom is 0.230 e. The van der Waals surface area contributed by atoms with Crippen molar-refractivity contribution in [2.24, 2.45) is 11.5 Å². The molecular formula is C19H22Cl2N4O2. The zero-order valence-electron chi connectivity index (χ0n) is 14.4. The van der Waals surface area contributed by atoms with Crippen molar-refractivity contribution in [1.82, 2.24) is 0 Å². The van der Waals surface area contributed by atoms with Gasteiger partial charge >= 0.3 is 0 Å². The summed E-state index contributed by atoms with van der Waals surface area (Å²) in [5.41, 5.74) is 12.4. The Bertz CT molecular complexity index is 721. The van der Waals surface area contributed by atoms with Crippen LogP contribution in [0.2, 0.25) is 0 Å². The number of amidine groups is 2. The van der Waals surface area contributed by atoms with Gasteiger partial charge in [-0.25, -0.2) is 0 Å². The van der Waals surface area contributed by atoms with E-state index in [1.54, 1.807) is 12.2 Å². The van der Waals surface area contributed by atoms with Crippen LogP contribution in [0.5, 0.6) is 11.5 Å². The fraction of sp³-hybridized carbons (Fsp3) is 0.0526. The minimum atomic E-state index is 0. The van der Waals surface area contributed by atoms with Crippen molar-refractivity contribution in [3.8, 4) is 11.5 Å². The molecule has 0 aliphatic heterocycles.